The van der Waals surface area contributed by atoms with Crippen LogP contribution >= 0.6 is 11.6 Å². The number of aromatic amines is 1. The second kappa shape index (κ2) is 3.48. The van der Waals surface area contributed by atoms with Crippen LogP contribution in [0.2, 0.25) is 5.02 Å². The minimum absolute atomic E-state index is 0.0125. The number of carbonyl (C=O) groups excluding carboxylic acids is 1. The summed E-state index contributed by atoms with van der Waals surface area (Å²) in [5.74, 6) is 0.689. The van der Waals surface area contributed by atoms with Gasteiger partial charge in [0.15, 0.2) is 5.69 Å². The summed E-state index contributed by atoms with van der Waals surface area (Å²) in [5, 5.41) is 7.22. The van der Waals surface area contributed by atoms with Crippen molar-refractivity contribution < 1.29 is 4.79 Å². The SMILES string of the molecule is Cc1[nH]nc(C(=O)N2C[C@H]3CC[C@H]2C3)c1Cl. The normalized spacial score (nSPS) is 27.8. The molecule has 2 aliphatic rings. The zero-order chi connectivity index (χ0) is 11.3. The largest absolute Gasteiger partial charge is 0.334 e. The van der Waals surface area contributed by atoms with Crippen LogP contribution in [0.1, 0.15) is 35.4 Å². The first-order chi connectivity index (χ1) is 7.66. The van der Waals surface area contributed by atoms with Gasteiger partial charge < -0.3 is 4.90 Å². The van der Waals surface area contributed by atoms with Crippen molar-refractivity contribution in [3.8, 4) is 0 Å². The Kier molecular flexibility index (Phi) is 2.21. The lowest BCUT2D eigenvalue weighted by Gasteiger charge is -2.26. The summed E-state index contributed by atoms with van der Waals surface area (Å²) in [5.41, 5.74) is 1.14. The lowest BCUT2D eigenvalue weighted by Crippen LogP contribution is -2.37. The van der Waals surface area contributed by atoms with E-state index >= 15 is 0 Å². The summed E-state index contributed by atoms with van der Waals surface area (Å²) < 4.78 is 0. The lowest BCUT2D eigenvalue weighted by atomic mass is 10.1. The molecular formula is C11H14ClN3O. The number of hydrogen-bond acceptors (Lipinski definition) is 2. The van der Waals surface area contributed by atoms with Gasteiger partial charge in [0.2, 0.25) is 0 Å². The van der Waals surface area contributed by atoms with Crippen LogP contribution in [0.25, 0.3) is 0 Å². The van der Waals surface area contributed by atoms with Crippen molar-refractivity contribution in [2.75, 3.05) is 6.54 Å². The average Bonchev–Trinajstić information content (AvgIpc) is 2.95. The van der Waals surface area contributed by atoms with E-state index in [0.29, 0.717) is 22.7 Å². The molecule has 4 nitrogen and oxygen atoms in total. The summed E-state index contributed by atoms with van der Waals surface area (Å²) in [6.45, 7) is 2.70. The Bertz CT molecular complexity index is 442. The molecule has 2 heterocycles. The van der Waals surface area contributed by atoms with Crippen LogP contribution in [0.4, 0.5) is 0 Å². The van der Waals surface area contributed by atoms with E-state index in [1.54, 1.807) is 0 Å². The third-order valence-corrected chi connectivity index (χ3v) is 4.21. The van der Waals surface area contributed by atoms with Crippen LogP contribution in [0.3, 0.4) is 0 Å². The van der Waals surface area contributed by atoms with Gasteiger partial charge in [-0.3, -0.25) is 9.89 Å². The summed E-state index contributed by atoms with van der Waals surface area (Å²) in [4.78, 5) is 14.2. The van der Waals surface area contributed by atoms with E-state index in [9.17, 15) is 4.79 Å². The van der Waals surface area contributed by atoms with Gasteiger partial charge in [0.05, 0.1) is 10.7 Å². The summed E-state index contributed by atoms with van der Waals surface area (Å²) in [6, 6.07) is 0.422. The van der Waals surface area contributed by atoms with Crippen molar-refractivity contribution in [2.24, 2.45) is 5.92 Å². The van der Waals surface area contributed by atoms with E-state index < -0.39 is 0 Å². The van der Waals surface area contributed by atoms with Gasteiger partial charge in [-0.1, -0.05) is 11.6 Å². The molecule has 1 aliphatic heterocycles. The molecule has 2 bridgehead atoms. The number of hydrogen-bond donors (Lipinski definition) is 1. The van der Waals surface area contributed by atoms with Crippen LogP contribution in [0.15, 0.2) is 0 Å². The molecule has 0 aromatic carbocycles. The fourth-order valence-corrected chi connectivity index (χ4v) is 3.03. The fourth-order valence-electron chi connectivity index (χ4n) is 2.87. The third-order valence-electron chi connectivity index (χ3n) is 3.75. The number of nitrogens with zero attached hydrogens (tertiary/aromatic N) is 2. The molecule has 1 saturated carbocycles. The molecule has 1 aromatic heterocycles. The van der Waals surface area contributed by atoms with Gasteiger partial charge >= 0.3 is 0 Å². The fraction of sp³-hybridized carbons (Fsp3) is 0.636. The van der Waals surface area contributed by atoms with Crippen molar-refractivity contribution in [1.29, 1.82) is 0 Å². The molecule has 2 fully saturated rings. The lowest BCUT2D eigenvalue weighted by molar-refractivity contribution is 0.0697. The molecule has 1 N–H and O–H groups in total. The molecule has 0 radical (unpaired) electrons. The van der Waals surface area contributed by atoms with Crippen molar-refractivity contribution in [3.05, 3.63) is 16.4 Å². The number of likely N-dealkylation sites (tertiary alicyclic amines) is 1. The monoisotopic (exact) mass is 239 g/mol. The molecule has 0 unspecified atom stereocenters. The van der Waals surface area contributed by atoms with Gasteiger partial charge in [-0.05, 0) is 32.1 Å². The highest BCUT2D eigenvalue weighted by atomic mass is 35.5. The number of nitrogens with one attached hydrogen (secondary N) is 1. The van der Waals surface area contributed by atoms with Crippen molar-refractivity contribution in [1.82, 2.24) is 15.1 Å². The smallest absolute Gasteiger partial charge is 0.276 e. The quantitative estimate of drug-likeness (QED) is 0.815. The van der Waals surface area contributed by atoms with Gasteiger partial charge in [0.25, 0.3) is 5.91 Å². The summed E-state index contributed by atoms with van der Waals surface area (Å²) >= 11 is 6.04. The molecule has 16 heavy (non-hydrogen) atoms. The Labute approximate surface area is 99.0 Å². The molecule has 2 atom stereocenters. The maximum atomic E-state index is 12.2. The van der Waals surface area contributed by atoms with E-state index in [-0.39, 0.29) is 5.91 Å². The Morgan fingerprint density at radius 3 is 2.88 bits per heavy atom. The van der Waals surface area contributed by atoms with Gasteiger partial charge in [-0.2, -0.15) is 5.10 Å². The Balaban J connectivity index is 1.86. The topological polar surface area (TPSA) is 49.0 Å². The number of aryl methyl sites for hydroxylation is 1. The average molecular weight is 240 g/mol. The molecule has 3 rings (SSSR count). The second-order valence-electron chi connectivity index (χ2n) is 4.80. The van der Waals surface area contributed by atoms with Crippen molar-refractivity contribution in [2.45, 2.75) is 32.2 Å². The van der Waals surface area contributed by atoms with E-state index in [1.807, 2.05) is 11.8 Å². The Hall–Kier alpha value is -1.03. The number of aromatic nitrogens is 2. The molecule has 0 spiro atoms. The molecule has 1 aromatic rings. The first kappa shape index (κ1) is 10.1. The molecule has 1 saturated heterocycles. The predicted molar refractivity (Wildman–Crippen MR) is 60.5 cm³/mol. The maximum absolute atomic E-state index is 12.2. The van der Waals surface area contributed by atoms with Crippen molar-refractivity contribution in [3.63, 3.8) is 0 Å². The Morgan fingerprint density at radius 1 is 1.56 bits per heavy atom. The van der Waals surface area contributed by atoms with E-state index in [4.69, 9.17) is 11.6 Å². The molecule has 1 aliphatic carbocycles. The van der Waals surface area contributed by atoms with E-state index in [1.165, 1.54) is 6.42 Å². The summed E-state index contributed by atoms with van der Waals surface area (Å²) in [6.07, 6.45) is 3.56. The van der Waals surface area contributed by atoms with Gasteiger partial charge in [0, 0.05) is 12.6 Å². The molecule has 86 valence electrons. The number of piperidine rings is 1. The zero-order valence-electron chi connectivity index (χ0n) is 9.16. The highest BCUT2D eigenvalue weighted by Gasteiger charge is 2.41. The van der Waals surface area contributed by atoms with E-state index in [0.717, 1.165) is 25.1 Å². The number of fused-ring (bicyclic) bond motifs is 2. The van der Waals surface area contributed by atoms with Crippen LogP contribution in [-0.2, 0) is 0 Å². The highest BCUT2D eigenvalue weighted by molar-refractivity contribution is 6.34. The highest BCUT2D eigenvalue weighted by Crippen LogP contribution is 2.38. The number of halogens is 1. The van der Waals surface area contributed by atoms with Crippen LogP contribution in [-0.4, -0.2) is 33.6 Å². The zero-order valence-corrected chi connectivity index (χ0v) is 9.92. The second-order valence-corrected chi connectivity index (χ2v) is 5.18. The standard InChI is InChI=1S/C11H14ClN3O/c1-6-9(12)10(14-13-6)11(16)15-5-7-2-3-8(15)4-7/h7-8H,2-5H2,1H3,(H,13,14)/t7-,8-/m0/s1. The predicted octanol–water partition coefficient (Wildman–Crippen LogP) is 2.00. The Morgan fingerprint density at radius 2 is 2.38 bits per heavy atom. The number of carbonyl (C=O) groups is 1. The maximum Gasteiger partial charge on any atom is 0.276 e. The van der Waals surface area contributed by atoms with Gasteiger partial charge in [-0.25, -0.2) is 0 Å². The van der Waals surface area contributed by atoms with Crippen molar-refractivity contribution >= 4 is 17.5 Å². The van der Waals surface area contributed by atoms with Gasteiger partial charge in [0.1, 0.15) is 0 Å². The van der Waals surface area contributed by atoms with Crippen LogP contribution in [0, 0.1) is 12.8 Å². The van der Waals surface area contributed by atoms with Crippen LogP contribution in [0.5, 0.6) is 0 Å². The molecular weight excluding hydrogens is 226 g/mol. The first-order valence-corrected chi connectivity index (χ1v) is 6.06. The number of amides is 1. The van der Waals surface area contributed by atoms with Gasteiger partial charge in [-0.15, -0.1) is 0 Å². The first-order valence-electron chi connectivity index (χ1n) is 5.68. The minimum atomic E-state index is -0.0125. The summed E-state index contributed by atoms with van der Waals surface area (Å²) in [7, 11) is 0. The number of rotatable bonds is 1. The number of H-pyrrole nitrogens is 1. The molecule has 5 heteroatoms. The third kappa shape index (κ3) is 1.36. The van der Waals surface area contributed by atoms with E-state index in [2.05, 4.69) is 10.2 Å². The molecule has 1 amide bonds. The van der Waals surface area contributed by atoms with Crippen LogP contribution < -0.4 is 0 Å². The minimum Gasteiger partial charge on any atom is -0.334 e.